The lowest BCUT2D eigenvalue weighted by molar-refractivity contribution is 0.733. The summed E-state index contributed by atoms with van der Waals surface area (Å²) in [6.07, 6.45) is 12.2. The molecule has 0 saturated carbocycles. The number of unbranched alkanes of at least 4 members (excludes halogenated alkanes) is 2. The molecule has 21 heavy (non-hydrogen) atoms. The molecule has 2 aromatic carbocycles. The molecule has 0 heterocycles. The molecule has 0 radical (unpaired) electrons. The van der Waals surface area contributed by atoms with Gasteiger partial charge in [0.05, 0.1) is 5.41 Å². The number of allylic oxidation sites excluding steroid dienone is 2. The smallest absolute Gasteiger partial charge is 0.0607 e. The van der Waals surface area contributed by atoms with E-state index in [1.165, 1.54) is 35.1 Å². The van der Waals surface area contributed by atoms with E-state index in [0.717, 1.165) is 12.8 Å². The van der Waals surface area contributed by atoms with Crippen LogP contribution in [0.4, 0.5) is 0 Å². The van der Waals surface area contributed by atoms with Crippen molar-refractivity contribution in [1.82, 2.24) is 0 Å². The van der Waals surface area contributed by atoms with E-state index in [-0.39, 0.29) is 5.41 Å². The van der Waals surface area contributed by atoms with Crippen LogP contribution in [-0.4, -0.2) is 0 Å². The maximum Gasteiger partial charge on any atom is 0.0607 e. The predicted molar refractivity (Wildman–Crippen MR) is 88.0 cm³/mol. The molecule has 0 atom stereocenters. The number of hydrogen-bond donors (Lipinski definition) is 0. The Labute approximate surface area is 126 Å². The summed E-state index contributed by atoms with van der Waals surface area (Å²) in [7, 11) is 0. The molecule has 0 aliphatic heterocycles. The van der Waals surface area contributed by atoms with E-state index in [2.05, 4.69) is 60.5 Å². The van der Waals surface area contributed by atoms with E-state index < -0.39 is 0 Å². The normalized spacial score (nSPS) is 16.0. The average Bonchev–Trinajstić information content (AvgIpc) is 3.19. The fraction of sp³-hybridized carbons (Fsp3) is 0.238. The van der Waals surface area contributed by atoms with E-state index in [4.69, 9.17) is 6.42 Å². The molecule has 0 fully saturated rings. The van der Waals surface area contributed by atoms with Crippen molar-refractivity contribution in [1.29, 1.82) is 0 Å². The van der Waals surface area contributed by atoms with Crippen LogP contribution in [-0.2, 0) is 5.41 Å². The summed E-state index contributed by atoms with van der Waals surface area (Å²) in [6, 6.07) is 17.7. The van der Waals surface area contributed by atoms with Gasteiger partial charge in [-0.2, -0.15) is 0 Å². The molecule has 2 aromatic rings. The van der Waals surface area contributed by atoms with E-state index in [0.29, 0.717) is 0 Å². The van der Waals surface area contributed by atoms with Crippen molar-refractivity contribution in [3.05, 3.63) is 71.3 Å². The standard InChI is InChI=1S/C21H18/c1-2-3-4-5-10-16-15-21(16)19-13-8-6-11-17(19)18-12-7-9-14-20(18)21/h1,6-9,11-15H,3-5,10H2. The Kier molecular flexibility index (Phi) is 2.76. The first-order chi connectivity index (χ1) is 10.4. The summed E-state index contributed by atoms with van der Waals surface area (Å²) in [4.78, 5) is 0. The highest BCUT2D eigenvalue weighted by Crippen LogP contribution is 2.62. The third-order valence-electron chi connectivity index (χ3n) is 4.83. The minimum absolute atomic E-state index is 0.114. The lowest BCUT2D eigenvalue weighted by Gasteiger charge is -2.15. The van der Waals surface area contributed by atoms with Crippen LogP contribution in [0, 0.1) is 12.3 Å². The van der Waals surface area contributed by atoms with E-state index in [9.17, 15) is 0 Å². The lowest BCUT2D eigenvalue weighted by Crippen LogP contribution is -2.09. The zero-order chi connectivity index (χ0) is 14.3. The van der Waals surface area contributed by atoms with Crippen LogP contribution in [0.1, 0.15) is 36.8 Å². The van der Waals surface area contributed by atoms with Crippen molar-refractivity contribution in [2.75, 3.05) is 0 Å². The quantitative estimate of drug-likeness (QED) is 0.412. The first-order valence-electron chi connectivity index (χ1n) is 7.73. The predicted octanol–water partition coefficient (Wildman–Crippen LogP) is 5.09. The van der Waals surface area contributed by atoms with Gasteiger partial charge in [-0.05, 0) is 41.5 Å². The molecule has 0 bridgehead atoms. The van der Waals surface area contributed by atoms with Crippen molar-refractivity contribution in [3.8, 4) is 23.5 Å². The minimum Gasteiger partial charge on any atom is -0.120 e. The monoisotopic (exact) mass is 270 g/mol. The maximum atomic E-state index is 5.34. The van der Waals surface area contributed by atoms with Crippen LogP contribution < -0.4 is 0 Å². The molecule has 0 N–H and O–H groups in total. The highest BCUT2D eigenvalue weighted by atomic mass is 14.5. The summed E-state index contributed by atoms with van der Waals surface area (Å²) in [5.74, 6) is 2.73. The summed E-state index contributed by atoms with van der Waals surface area (Å²) >= 11 is 0. The fourth-order valence-electron chi connectivity index (χ4n) is 3.81. The molecule has 0 nitrogen and oxygen atoms in total. The van der Waals surface area contributed by atoms with Crippen molar-refractivity contribution in [2.45, 2.75) is 31.1 Å². The van der Waals surface area contributed by atoms with Crippen LogP contribution in [0.3, 0.4) is 0 Å². The number of fused-ring (bicyclic) bond motifs is 5. The van der Waals surface area contributed by atoms with Gasteiger partial charge in [0.15, 0.2) is 0 Å². The van der Waals surface area contributed by atoms with Gasteiger partial charge in [0.1, 0.15) is 0 Å². The maximum absolute atomic E-state index is 5.34. The van der Waals surface area contributed by atoms with Gasteiger partial charge in [0.25, 0.3) is 0 Å². The zero-order valence-corrected chi connectivity index (χ0v) is 12.1. The van der Waals surface area contributed by atoms with Crippen molar-refractivity contribution in [2.24, 2.45) is 0 Å². The molecule has 2 aliphatic carbocycles. The molecule has 0 aromatic heterocycles. The van der Waals surface area contributed by atoms with Crippen LogP contribution in [0.2, 0.25) is 0 Å². The number of rotatable bonds is 4. The second-order valence-electron chi connectivity index (χ2n) is 5.98. The molecule has 1 spiro atoms. The molecule has 2 aliphatic rings. The Morgan fingerprint density at radius 3 is 2.10 bits per heavy atom. The van der Waals surface area contributed by atoms with Crippen molar-refractivity contribution < 1.29 is 0 Å². The van der Waals surface area contributed by atoms with Crippen molar-refractivity contribution in [3.63, 3.8) is 0 Å². The molecule has 0 amide bonds. The topological polar surface area (TPSA) is 0 Å². The van der Waals surface area contributed by atoms with Crippen LogP contribution in [0.5, 0.6) is 0 Å². The molecule has 0 unspecified atom stereocenters. The van der Waals surface area contributed by atoms with Crippen LogP contribution in [0.25, 0.3) is 11.1 Å². The Morgan fingerprint density at radius 2 is 1.48 bits per heavy atom. The summed E-state index contributed by atoms with van der Waals surface area (Å²) < 4.78 is 0. The number of benzene rings is 2. The first kappa shape index (κ1) is 12.5. The van der Waals surface area contributed by atoms with Gasteiger partial charge in [0.2, 0.25) is 0 Å². The zero-order valence-electron chi connectivity index (χ0n) is 12.1. The second kappa shape index (κ2) is 4.64. The van der Waals surface area contributed by atoms with Gasteiger partial charge < -0.3 is 0 Å². The average molecular weight is 270 g/mol. The van der Waals surface area contributed by atoms with Gasteiger partial charge in [-0.3, -0.25) is 0 Å². The fourth-order valence-corrected chi connectivity index (χ4v) is 3.81. The van der Waals surface area contributed by atoms with Crippen LogP contribution >= 0.6 is 0 Å². The third-order valence-corrected chi connectivity index (χ3v) is 4.83. The van der Waals surface area contributed by atoms with Crippen LogP contribution in [0.15, 0.2) is 60.2 Å². The first-order valence-corrected chi connectivity index (χ1v) is 7.73. The Hall–Kier alpha value is -2.26. The summed E-state index contributed by atoms with van der Waals surface area (Å²) in [5.41, 5.74) is 7.45. The van der Waals surface area contributed by atoms with E-state index in [1.807, 2.05) is 0 Å². The number of terminal acetylenes is 1. The molecule has 0 saturated heterocycles. The van der Waals surface area contributed by atoms with Crippen molar-refractivity contribution >= 4 is 0 Å². The SMILES string of the molecule is C#CCCCCC1=CC12c1ccccc1-c1ccccc12. The molecule has 4 rings (SSSR count). The second-order valence-corrected chi connectivity index (χ2v) is 5.98. The van der Waals surface area contributed by atoms with Gasteiger partial charge in [0, 0.05) is 6.42 Å². The molecular weight excluding hydrogens is 252 g/mol. The molecular formula is C21H18. The molecule has 102 valence electrons. The highest BCUT2D eigenvalue weighted by molar-refractivity contribution is 5.88. The van der Waals surface area contributed by atoms with E-state index >= 15 is 0 Å². The number of hydrogen-bond acceptors (Lipinski definition) is 0. The van der Waals surface area contributed by atoms with Gasteiger partial charge in [-0.1, -0.05) is 60.2 Å². The largest absolute Gasteiger partial charge is 0.120 e. The highest BCUT2D eigenvalue weighted by Gasteiger charge is 2.52. The third kappa shape index (κ3) is 1.71. The molecule has 0 heteroatoms. The Balaban J connectivity index is 1.67. The summed E-state index contributed by atoms with van der Waals surface area (Å²) in [6.45, 7) is 0. The minimum atomic E-state index is 0.114. The Morgan fingerprint density at radius 1 is 0.857 bits per heavy atom. The Bertz CT molecular complexity index is 725. The lowest BCUT2D eigenvalue weighted by atomic mass is 9.86. The van der Waals surface area contributed by atoms with Gasteiger partial charge in [-0.25, -0.2) is 0 Å². The van der Waals surface area contributed by atoms with Gasteiger partial charge in [-0.15, -0.1) is 12.3 Å². The van der Waals surface area contributed by atoms with E-state index in [1.54, 1.807) is 5.57 Å². The summed E-state index contributed by atoms with van der Waals surface area (Å²) in [5, 5.41) is 0. The van der Waals surface area contributed by atoms with Gasteiger partial charge >= 0.3 is 0 Å².